The topological polar surface area (TPSA) is 66.6 Å². The number of carboxylic acid groups (broad SMARTS) is 1. The Morgan fingerprint density at radius 2 is 2.00 bits per heavy atom. The van der Waals surface area contributed by atoms with Crippen LogP contribution in [0.1, 0.15) is 15.9 Å². The molecule has 0 aliphatic heterocycles. The highest BCUT2D eigenvalue weighted by Gasteiger charge is 2.10. The van der Waals surface area contributed by atoms with Crippen molar-refractivity contribution in [2.75, 3.05) is 17.7 Å². The van der Waals surface area contributed by atoms with Crippen LogP contribution in [0.15, 0.2) is 46.9 Å². The van der Waals surface area contributed by atoms with Crippen molar-refractivity contribution in [1.29, 1.82) is 0 Å². The molecular formula is C15H15BrN2O2. The summed E-state index contributed by atoms with van der Waals surface area (Å²) in [6, 6.07) is 12.7. The first-order chi connectivity index (χ1) is 9.49. The summed E-state index contributed by atoms with van der Waals surface area (Å²) in [4.78, 5) is 12.9. The second-order valence-electron chi connectivity index (χ2n) is 4.53. The molecule has 4 nitrogen and oxygen atoms in total. The molecule has 5 heteroatoms. The van der Waals surface area contributed by atoms with Gasteiger partial charge >= 0.3 is 5.97 Å². The van der Waals surface area contributed by atoms with E-state index in [2.05, 4.69) is 15.9 Å². The number of nitrogens with two attached hydrogens (primary N) is 1. The number of aromatic carboxylic acids is 1. The highest BCUT2D eigenvalue weighted by molar-refractivity contribution is 9.10. The third-order valence-corrected chi connectivity index (χ3v) is 3.82. The molecule has 0 fully saturated rings. The molecule has 0 spiro atoms. The second kappa shape index (κ2) is 5.96. The Balaban J connectivity index is 2.23. The van der Waals surface area contributed by atoms with Crippen LogP contribution in [-0.2, 0) is 6.54 Å². The first-order valence-corrected chi connectivity index (χ1v) is 6.85. The van der Waals surface area contributed by atoms with Crippen LogP contribution in [0, 0.1) is 0 Å². The number of benzene rings is 2. The van der Waals surface area contributed by atoms with Crippen molar-refractivity contribution >= 4 is 33.3 Å². The van der Waals surface area contributed by atoms with Crippen LogP contribution in [0.5, 0.6) is 0 Å². The van der Waals surface area contributed by atoms with E-state index in [9.17, 15) is 4.79 Å². The molecule has 0 aliphatic rings. The van der Waals surface area contributed by atoms with E-state index < -0.39 is 5.97 Å². The van der Waals surface area contributed by atoms with Crippen LogP contribution in [0.2, 0.25) is 0 Å². The Kier molecular flexibility index (Phi) is 4.29. The second-order valence-corrected chi connectivity index (χ2v) is 5.38. The smallest absolute Gasteiger partial charge is 0.335 e. The molecule has 0 radical (unpaired) electrons. The third-order valence-electron chi connectivity index (χ3n) is 3.05. The van der Waals surface area contributed by atoms with Crippen molar-refractivity contribution in [1.82, 2.24) is 0 Å². The lowest BCUT2D eigenvalue weighted by Crippen LogP contribution is -2.18. The molecule has 20 heavy (non-hydrogen) atoms. The van der Waals surface area contributed by atoms with Crippen molar-refractivity contribution in [3.05, 3.63) is 58.1 Å². The molecule has 104 valence electrons. The number of hydrogen-bond acceptors (Lipinski definition) is 3. The molecule has 0 bridgehead atoms. The number of hydrogen-bond donors (Lipinski definition) is 2. The van der Waals surface area contributed by atoms with Gasteiger partial charge in [0.05, 0.1) is 16.9 Å². The van der Waals surface area contributed by atoms with Crippen molar-refractivity contribution < 1.29 is 9.90 Å². The first kappa shape index (κ1) is 14.4. The van der Waals surface area contributed by atoms with Crippen LogP contribution in [0.25, 0.3) is 0 Å². The molecule has 0 atom stereocenters. The van der Waals surface area contributed by atoms with Gasteiger partial charge in [-0.25, -0.2) is 4.79 Å². The minimum absolute atomic E-state index is 0.195. The van der Waals surface area contributed by atoms with Crippen molar-refractivity contribution in [3.8, 4) is 0 Å². The van der Waals surface area contributed by atoms with E-state index in [0.29, 0.717) is 12.2 Å². The maximum Gasteiger partial charge on any atom is 0.335 e. The van der Waals surface area contributed by atoms with E-state index in [4.69, 9.17) is 10.8 Å². The lowest BCUT2D eigenvalue weighted by molar-refractivity contribution is 0.0697. The fourth-order valence-corrected chi connectivity index (χ4v) is 2.41. The van der Waals surface area contributed by atoms with Gasteiger partial charge in [0.1, 0.15) is 0 Å². The van der Waals surface area contributed by atoms with E-state index in [-0.39, 0.29) is 5.56 Å². The maximum atomic E-state index is 10.9. The number of carboxylic acids is 1. The third kappa shape index (κ3) is 3.11. The lowest BCUT2D eigenvalue weighted by atomic mass is 10.1. The zero-order valence-corrected chi connectivity index (χ0v) is 12.6. The Morgan fingerprint density at radius 3 is 2.60 bits per heavy atom. The van der Waals surface area contributed by atoms with E-state index >= 15 is 0 Å². The fourth-order valence-electron chi connectivity index (χ4n) is 2.00. The highest BCUT2D eigenvalue weighted by atomic mass is 79.9. The highest BCUT2D eigenvalue weighted by Crippen LogP contribution is 2.26. The summed E-state index contributed by atoms with van der Waals surface area (Å²) in [6.45, 7) is 0.679. The van der Waals surface area contributed by atoms with Gasteiger partial charge in [0.2, 0.25) is 0 Å². The monoisotopic (exact) mass is 334 g/mol. The minimum Gasteiger partial charge on any atom is -0.478 e. The molecule has 0 saturated carbocycles. The Bertz CT molecular complexity index is 644. The van der Waals surface area contributed by atoms with Crippen molar-refractivity contribution in [2.24, 2.45) is 0 Å². The quantitative estimate of drug-likeness (QED) is 0.841. The maximum absolute atomic E-state index is 10.9. The molecule has 0 aliphatic carbocycles. The van der Waals surface area contributed by atoms with Gasteiger partial charge in [-0.15, -0.1) is 0 Å². The number of halogens is 1. The van der Waals surface area contributed by atoms with Gasteiger partial charge in [0, 0.05) is 18.1 Å². The Morgan fingerprint density at radius 1 is 1.30 bits per heavy atom. The minimum atomic E-state index is -0.975. The fraction of sp³-hybridized carbons (Fsp3) is 0.133. The van der Waals surface area contributed by atoms with Crippen molar-refractivity contribution in [3.63, 3.8) is 0 Å². The number of anilines is 2. The Labute approximate surface area is 126 Å². The van der Waals surface area contributed by atoms with Crippen LogP contribution in [0.4, 0.5) is 11.4 Å². The molecule has 0 amide bonds. The molecule has 2 rings (SSSR count). The van der Waals surface area contributed by atoms with Gasteiger partial charge in [-0.2, -0.15) is 0 Å². The normalized spacial score (nSPS) is 10.3. The van der Waals surface area contributed by atoms with Crippen LogP contribution < -0.4 is 10.6 Å². The van der Waals surface area contributed by atoms with Gasteiger partial charge in [-0.05, 0) is 29.8 Å². The number of carbonyl (C=O) groups is 1. The molecule has 0 heterocycles. The van der Waals surface area contributed by atoms with Gasteiger partial charge in [-0.3, -0.25) is 0 Å². The molecule has 0 aromatic heterocycles. The largest absolute Gasteiger partial charge is 0.478 e. The summed E-state index contributed by atoms with van der Waals surface area (Å²) in [7, 11) is 1.92. The summed E-state index contributed by atoms with van der Waals surface area (Å²) in [6.07, 6.45) is 0. The number of nitrogen functional groups attached to an aromatic ring is 1. The molecule has 2 aromatic rings. The molecule has 3 N–H and O–H groups in total. The van der Waals surface area contributed by atoms with E-state index in [1.807, 2.05) is 36.2 Å². The molecule has 2 aromatic carbocycles. The van der Waals surface area contributed by atoms with E-state index in [1.165, 1.54) is 6.07 Å². The standard InChI is InChI=1S/C15H15BrN2O2/c1-18(9-11-4-2-3-5-12(11)16)14-7-6-10(15(19)20)8-13(14)17/h2-8H,9,17H2,1H3,(H,19,20). The first-order valence-electron chi connectivity index (χ1n) is 6.06. The zero-order chi connectivity index (χ0) is 14.7. The molecular weight excluding hydrogens is 320 g/mol. The predicted octanol–water partition coefficient (Wildman–Crippen LogP) is 3.37. The van der Waals surface area contributed by atoms with Crippen LogP contribution in [-0.4, -0.2) is 18.1 Å². The summed E-state index contributed by atoms with van der Waals surface area (Å²) in [5.74, 6) is -0.975. The van der Waals surface area contributed by atoms with Gasteiger partial charge in [0.25, 0.3) is 0 Å². The lowest BCUT2D eigenvalue weighted by Gasteiger charge is -2.22. The Hall–Kier alpha value is -2.01. The summed E-state index contributed by atoms with van der Waals surface area (Å²) < 4.78 is 1.03. The van der Waals surface area contributed by atoms with Crippen molar-refractivity contribution in [2.45, 2.75) is 6.54 Å². The molecule has 0 unspecified atom stereocenters. The summed E-state index contributed by atoms with van der Waals surface area (Å²) >= 11 is 3.51. The summed E-state index contributed by atoms with van der Waals surface area (Å²) in [5.41, 5.74) is 8.53. The van der Waals surface area contributed by atoms with E-state index in [1.54, 1.807) is 12.1 Å². The number of nitrogens with zero attached hydrogens (tertiary/aromatic N) is 1. The van der Waals surface area contributed by atoms with E-state index in [0.717, 1.165) is 15.7 Å². The average molecular weight is 335 g/mol. The van der Waals surface area contributed by atoms with Crippen LogP contribution in [0.3, 0.4) is 0 Å². The molecule has 0 saturated heterocycles. The summed E-state index contributed by atoms with van der Waals surface area (Å²) in [5, 5.41) is 8.93. The van der Waals surface area contributed by atoms with Gasteiger partial charge in [0.15, 0.2) is 0 Å². The zero-order valence-electron chi connectivity index (χ0n) is 11.0. The number of rotatable bonds is 4. The van der Waals surface area contributed by atoms with Gasteiger partial charge in [-0.1, -0.05) is 34.1 Å². The predicted molar refractivity (Wildman–Crippen MR) is 84.1 cm³/mol. The SMILES string of the molecule is CN(Cc1ccccc1Br)c1ccc(C(=O)O)cc1N. The van der Waals surface area contributed by atoms with Gasteiger partial charge < -0.3 is 15.7 Å². The van der Waals surface area contributed by atoms with Crippen LogP contribution >= 0.6 is 15.9 Å². The average Bonchev–Trinajstić information content (AvgIpc) is 2.41.